The number of anilines is 1. The number of halogens is 6. The van der Waals surface area contributed by atoms with E-state index in [2.05, 4.69) is 15.0 Å². The predicted octanol–water partition coefficient (Wildman–Crippen LogP) is 4.54. The summed E-state index contributed by atoms with van der Waals surface area (Å²) in [5, 5.41) is 10.8. The Morgan fingerprint density at radius 3 is 2.49 bits per heavy atom. The second-order valence-corrected chi connectivity index (χ2v) is 10.3. The minimum atomic E-state index is -4.86. The molecule has 2 aliphatic rings. The second-order valence-electron chi connectivity index (χ2n) is 8.79. The Bertz CT molecular complexity index is 1410. The number of nitrogens with one attached hydrogen (secondary N) is 1. The number of rotatable bonds is 4. The van der Waals surface area contributed by atoms with Crippen molar-refractivity contribution in [2.75, 3.05) is 57.2 Å². The third-order valence-corrected chi connectivity index (χ3v) is 7.74. The van der Waals surface area contributed by atoms with Gasteiger partial charge in [-0.05, 0) is 24.3 Å². The molecule has 0 unspecified atom stereocenters. The van der Waals surface area contributed by atoms with Gasteiger partial charge in [-0.15, -0.1) is 11.8 Å². The van der Waals surface area contributed by atoms with Gasteiger partial charge in [-0.1, -0.05) is 11.6 Å². The minimum Gasteiger partial charge on any atom is -0.394 e. The Labute approximate surface area is 229 Å². The van der Waals surface area contributed by atoms with E-state index in [0.29, 0.717) is 51.0 Å². The summed E-state index contributed by atoms with van der Waals surface area (Å²) in [5.74, 6) is -1.66. The van der Waals surface area contributed by atoms with Crippen LogP contribution in [0.5, 0.6) is 0 Å². The Balaban J connectivity index is 0.000000648. The van der Waals surface area contributed by atoms with E-state index in [1.54, 1.807) is 12.0 Å². The molecule has 1 saturated heterocycles. The molecule has 0 saturated carbocycles. The first-order valence-corrected chi connectivity index (χ1v) is 13.5. The number of aryl methyl sites for hydroxylation is 1. The largest absolute Gasteiger partial charge is 0.417 e. The number of aliphatic hydroxyl groups excluding tert-OH is 1. The number of aliphatic hydroxyl groups is 1. The van der Waals surface area contributed by atoms with Crippen LogP contribution in [0.2, 0.25) is 5.02 Å². The first kappa shape index (κ1) is 29.5. The van der Waals surface area contributed by atoms with Gasteiger partial charge in [0.05, 0.1) is 29.3 Å². The van der Waals surface area contributed by atoms with E-state index >= 15 is 0 Å². The van der Waals surface area contributed by atoms with Crippen molar-refractivity contribution in [3.8, 4) is 11.1 Å². The van der Waals surface area contributed by atoms with Crippen LogP contribution in [0.1, 0.15) is 12.0 Å². The van der Waals surface area contributed by atoms with Crippen molar-refractivity contribution in [3.63, 3.8) is 0 Å². The van der Waals surface area contributed by atoms with E-state index in [1.807, 2.05) is 0 Å². The van der Waals surface area contributed by atoms with Crippen LogP contribution in [-0.2, 0) is 17.5 Å². The number of thioether (sulfide) groups is 1. The van der Waals surface area contributed by atoms with Crippen LogP contribution in [0.25, 0.3) is 22.0 Å². The van der Waals surface area contributed by atoms with Gasteiger partial charge in [0.2, 0.25) is 0 Å². The van der Waals surface area contributed by atoms with E-state index in [0.717, 1.165) is 23.9 Å². The summed E-state index contributed by atoms with van der Waals surface area (Å²) in [6.45, 7) is 2.96. The summed E-state index contributed by atoms with van der Waals surface area (Å²) in [4.78, 5) is 19.1. The van der Waals surface area contributed by atoms with E-state index in [4.69, 9.17) is 16.7 Å². The average Bonchev–Trinajstić information content (AvgIpc) is 3.13. The van der Waals surface area contributed by atoms with Crippen molar-refractivity contribution in [1.82, 2.24) is 14.9 Å². The summed E-state index contributed by atoms with van der Waals surface area (Å²) in [6.07, 6.45) is -4.35. The molecule has 39 heavy (non-hydrogen) atoms. The molecule has 0 radical (unpaired) electrons. The number of piperazine rings is 1. The van der Waals surface area contributed by atoms with Crippen molar-refractivity contribution >= 4 is 40.1 Å². The SMILES string of the molecule is COCCO.O=c1nc(N2CCNCC2)c2cc(C(F)(F)F)c(-c3cc(Cl)c(F)cc3F)c3c2n1CCCS3. The van der Waals surface area contributed by atoms with Gasteiger partial charge in [0, 0.05) is 67.3 Å². The van der Waals surface area contributed by atoms with Gasteiger partial charge in [-0.25, -0.2) is 13.6 Å². The molecule has 212 valence electrons. The van der Waals surface area contributed by atoms with Crippen LogP contribution >= 0.6 is 23.4 Å². The van der Waals surface area contributed by atoms with Gasteiger partial charge in [-0.3, -0.25) is 4.57 Å². The number of benzene rings is 2. The molecule has 1 fully saturated rings. The van der Waals surface area contributed by atoms with Crippen LogP contribution in [-0.4, -0.2) is 66.9 Å². The fourth-order valence-corrected chi connectivity index (χ4v) is 5.91. The van der Waals surface area contributed by atoms with Crippen LogP contribution in [0.4, 0.5) is 27.8 Å². The maximum Gasteiger partial charge on any atom is 0.417 e. The summed E-state index contributed by atoms with van der Waals surface area (Å²) in [6, 6.07) is 2.27. The smallest absolute Gasteiger partial charge is 0.394 e. The quantitative estimate of drug-likeness (QED) is 0.340. The number of nitrogens with zero attached hydrogens (tertiary/aromatic N) is 3. The molecule has 2 N–H and O–H groups in total. The zero-order chi connectivity index (χ0) is 28.3. The summed E-state index contributed by atoms with van der Waals surface area (Å²) < 4.78 is 77.8. The van der Waals surface area contributed by atoms with Gasteiger partial charge in [0.15, 0.2) is 0 Å². The predicted molar refractivity (Wildman–Crippen MR) is 141 cm³/mol. The Kier molecular flexibility index (Phi) is 9.37. The topological polar surface area (TPSA) is 79.6 Å². The van der Waals surface area contributed by atoms with Crippen molar-refractivity contribution in [2.45, 2.75) is 24.0 Å². The normalized spacial score (nSPS) is 15.6. The molecule has 0 aliphatic carbocycles. The van der Waals surface area contributed by atoms with E-state index in [9.17, 15) is 26.7 Å². The molecule has 7 nitrogen and oxygen atoms in total. The second kappa shape index (κ2) is 12.4. The minimum absolute atomic E-state index is 0.111. The third-order valence-electron chi connectivity index (χ3n) is 6.27. The highest BCUT2D eigenvalue weighted by molar-refractivity contribution is 7.99. The highest BCUT2D eigenvalue weighted by Crippen LogP contribution is 2.49. The molecule has 2 aromatic carbocycles. The number of aromatic nitrogens is 2. The standard InChI is InChI=1S/C22H18ClF5N4OS.C3H8O2/c23-14-9-11(15(24)10-16(14)25)17-13(22(26,27)28)8-12-18-19(17)34-7-1-4-32(18)21(33)30-20(12)31-5-2-29-3-6-31;1-5-3-2-4/h8-10,29H,1-7H2;4H,2-3H2,1H3. The van der Waals surface area contributed by atoms with Crippen molar-refractivity contribution in [1.29, 1.82) is 0 Å². The lowest BCUT2D eigenvalue weighted by Gasteiger charge is -2.30. The molecule has 0 spiro atoms. The fourth-order valence-electron chi connectivity index (χ4n) is 4.55. The molecular formula is C25H26ClF5N4O3S. The monoisotopic (exact) mass is 592 g/mol. The summed E-state index contributed by atoms with van der Waals surface area (Å²) in [5.41, 5.74) is -2.30. The zero-order valence-corrected chi connectivity index (χ0v) is 22.4. The number of hydrogen-bond acceptors (Lipinski definition) is 7. The van der Waals surface area contributed by atoms with Gasteiger partial charge in [0.1, 0.15) is 17.5 Å². The molecule has 0 bridgehead atoms. The third kappa shape index (κ3) is 6.17. The van der Waals surface area contributed by atoms with Gasteiger partial charge in [-0.2, -0.15) is 18.2 Å². The van der Waals surface area contributed by atoms with Gasteiger partial charge >= 0.3 is 11.9 Å². The fraction of sp³-hybridized carbons (Fsp3) is 0.440. The molecular weight excluding hydrogens is 567 g/mol. The van der Waals surface area contributed by atoms with E-state index in [1.165, 1.54) is 4.57 Å². The van der Waals surface area contributed by atoms with Crippen molar-refractivity contribution < 1.29 is 31.8 Å². The molecule has 3 aromatic rings. The summed E-state index contributed by atoms with van der Waals surface area (Å²) >= 11 is 6.95. The lowest BCUT2D eigenvalue weighted by atomic mass is 9.95. The molecule has 0 amide bonds. The lowest BCUT2D eigenvalue weighted by molar-refractivity contribution is -0.137. The van der Waals surface area contributed by atoms with Gasteiger partial charge in [0.25, 0.3) is 0 Å². The number of methoxy groups -OCH3 is 1. The zero-order valence-electron chi connectivity index (χ0n) is 20.9. The highest BCUT2D eigenvalue weighted by Gasteiger charge is 2.38. The molecule has 14 heteroatoms. The van der Waals surface area contributed by atoms with Crippen molar-refractivity contribution in [2.24, 2.45) is 0 Å². The maximum atomic E-state index is 14.9. The summed E-state index contributed by atoms with van der Waals surface area (Å²) in [7, 11) is 1.55. The molecule has 3 heterocycles. The van der Waals surface area contributed by atoms with Crippen LogP contribution in [0.15, 0.2) is 27.9 Å². The molecule has 1 aromatic heterocycles. The van der Waals surface area contributed by atoms with E-state index in [-0.39, 0.29) is 34.8 Å². The van der Waals surface area contributed by atoms with Crippen LogP contribution in [0, 0.1) is 11.6 Å². The Morgan fingerprint density at radius 2 is 1.87 bits per heavy atom. The average molecular weight is 593 g/mol. The van der Waals surface area contributed by atoms with E-state index < -0.39 is 45.2 Å². The Hall–Kier alpha value is -2.45. The van der Waals surface area contributed by atoms with Crippen LogP contribution < -0.4 is 15.9 Å². The number of alkyl halides is 3. The highest BCUT2D eigenvalue weighted by atomic mass is 35.5. The number of hydrogen-bond donors (Lipinski definition) is 2. The van der Waals surface area contributed by atoms with Crippen molar-refractivity contribution in [3.05, 3.63) is 50.9 Å². The first-order valence-electron chi connectivity index (χ1n) is 12.1. The first-order chi connectivity index (χ1) is 18.6. The molecule has 5 rings (SSSR count). The Morgan fingerprint density at radius 1 is 1.15 bits per heavy atom. The number of ether oxygens (including phenoxy) is 1. The van der Waals surface area contributed by atoms with Gasteiger partial charge < -0.3 is 20.1 Å². The molecule has 2 aliphatic heterocycles. The maximum absolute atomic E-state index is 14.9. The van der Waals surface area contributed by atoms with Crippen LogP contribution in [0.3, 0.4) is 0 Å². The molecule has 0 atom stereocenters. The lowest BCUT2D eigenvalue weighted by Crippen LogP contribution is -2.44.